The zero-order valence-corrected chi connectivity index (χ0v) is 8.36. The van der Waals surface area contributed by atoms with Crippen molar-refractivity contribution < 1.29 is 35.5 Å². The standard InChI is InChI=1S/C8H5F7N2O/c9-6(10,7(11,12)8(13,14)15)5(18)4(3-17)1-2-16/h1H,2,16H2/b4-1-. The first kappa shape index (κ1) is 16.4. The van der Waals surface area contributed by atoms with Crippen LogP contribution in [0, 0.1) is 11.3 Å². The van der Waals surface area contributed by atoms with E-state index < -0.39 is 35.9 Å². The summed E-state index contributed by atoms with van der Waals surface area (Å²) in [5, 5.41) is 8.21. The number of allylic oxidation sites excluding steroid dienone is 1. The van der Waals surface area contributed by atoms with Crippen LogP contribution in [0.5, 0.6) is 0 Å². The van der Waals surface area contributed by atoms with Crippen molar-refractivity contribution in [3.8, 4) is 6.07 Å². The fourth-order valence-corrected chi connectivity index (χ4v) is 0.797. The maximum atomic E-state index is 12.8. The van der Waals surface area contributed by atoms with Crippen LogP contribution in [0.1, 0.15) is 0 Å². The summed E-state index contributed by atoms with van der Waals surface area (Å²) in [6, 6.07) is 0.783. The third kappa shape index (κ3) is 2.61. The molecule has 0 aliphatic carbocycles. The zero-order valence-electron chi connectivity index (χ0n) is 8.36. The summed E-state index contributed by atoms with van der Waals surface area (Å²) in [5.41, 5.74) is 3.18. The van der Waals surface area contributed by atoms with Gasteiger partial charge in [-0.3, -0.25) is 4.79 Å². The number of ketones is 1. The van der Waals surface area contributed by atoms with Crippen molar-refractivity contribution in [2.45, 2.75) is 18.0 Å². The van der Waals surface area contributed by atoms with E-state index in [-0.39, 0.29) is 0 Å². The van der Waals surface area contributed by atoms with Crippen LogP contribution in [0.25, 0.3) is 0 Å². The van der Waals surface area contributed by atoms with E-state index in [4.69, 9.17) is 11.0 Å². The molecule has 0 saturated heterocycles. The second-order valence-corrected chi connectivity index (χ2v) is 2.94. The van der Waals surface area contributed by atoms with Gasteiger partial charge in [0.15, 0.2) is 0 Å². The number of alkyl halides is 7. The Kier molecular flexibility index (Phi) is 4.48. The van der Waals surface area contributed by atoms with Crippen molar-refractivity contribution in [3.05, 3.63) is 11.6 Å². The van der Waals surface area contributed by atoms with Gasteiger partial charge in [-0.15, -0.1) is 0 Å². The van der Waals surface area contributed by atoms with Gasteiger partial charge in [0.05, 0.1) is 5.57 Å². The Morgan fingerprint density at radius 1 is 1.17 bits per heavy atom. The molecule has 0 aromatic rings. The minimum absolute atomic E-state index is 0.322. The minimum Gasteiger partial charge on any atom is -0.327 e. The summed E-state index contributed by atoms with van der Waals surface area (Å²) in [5.74, 6) is -15.6. The molecule has 0 rings (SSSR count). The van der Waals surface area contributed by atoms with Gasteiger partial charge in [0.2, 0.25) is 5.78 Å². The highest BCUT2D eigenvalue weighted by molar-refractivity contribution is 6.04. The molecule has 0 amide bonds. The van der Waals surface area contributed by atoms with Crippen molar-refractivity contribution in [1.82, 2.24) is 0 Å². The van der Waals surface area contributed by atoms with Gasteiger partial charge in [-0.2, -0.15) is 36.0 Å². The second kappa shape index (κ2) is 4.93. The summed E-state index contributed by atoms with van der Waals surface area (Å²) in [6.07, 6.45) is -6.31. The van der Waals surface area contributed by atoms with Crippen molar-refractivity contribution in [3.63, 3.8) is 0 Å². The molecule has 0 aliphatic rings. The highest BCUT2D eigenvalue weighted by Crippen LogP contribution is 2.47. The third-order valence-corrected chi connectivity index (χ3v) is 1.72. The maximum absolute atomic E-state index is 12.8. The Morgan fingerprint density at radius 3 is 1.89 bits per heavy atom. The number of hydrogen-bond acceptors (Lipinski definition) is 3. The molecule has 0 aromatic carbocycles. The van der Waals surface area contributed by atoms with Gasteiger partial charge in [0.25, 0.3) is 0 Å². The number of nitrogens with zero attached hydrogens (tertiary/aromatic N) is 1. The molecule has 18 heavy (non-hydrogen) atoms. The monoisotopic (exact) mass is 278 g/mol. The smallest absolute Gasteiger partial charge is 0.327 e. The normalized spacial score (nSPS) is 14.3. The lowest BCUT2D eigenvalue weighted by atomic mass is 10.0. The van der Waals surface area contributed by atoms with E-state index in [0.29, 0.717) is 6.08 Å². The minimum atomic E-state index is -6.63. The number of hydrogen-bond donors (Lipinski definition) is 1. The molecule has 0 fully saturated rings. The summed E-state index contributed by atoms with van der Waals surface area (Å²) >= 11 is 0. The first-order valence-corrected chi connectivity index (χ1v) is 4.11. The predicted molar refractivity (Wildman–Crippen MR) is 43.7 cm³/mol. The highest BCUT2D eigenvalue weighted by Gasteiger charge is 2.76. The SMILES string of the molecule is N#C/C(=C/CN)C(=O)C(F)(F)C(F)(F)C(F)(F)F. The molecule has 0 bridgehead atoms. The summed E-state index contributed by atoms with van der Waals surface area (Å²) in [7, 11) is 0. The maximum Gasteiger partial charge on any atom is 0.460 e. The Hall–Kier alpha value is -1.63. The first-order valence-electron chi connectivity index (χ1n) is 4.11. The van der Waals surface area contributed by atoms with Gasteiger partial charge < -0.3 is 5.73 Å². The Labute approximate surface area is 95.7 Å². The van der Waals surface area contributed by atoms with Gasteiger partial charge in [-0.1, -0.05) is 0 Å². The molecule has 0 aromatic heterocycles. The van der Waals surface area contributed by atoms with E-state index in [2.05, 4.69) is 0 Å². The lowest BCUT2D eigenvalue weighted by Gasteiger charge is -2.26. The van der Waals surface area contributed by atoms with Crippen molar-refractivity contribution in [2.24, 2.45) is 5.73 Å². The van der Waals surface area contributed by atoms with Crippen molar-refractivity contribution >= 4 is 5.78 Å². The molecule has 0 atom stereocenters. The van der Waals surface area contributed by atoms with Crippen LogP contribution in [-0.4, -0.2) is 30.3 Å². The topological polar surface area (TPSA) is 66.9 Å². The molecule has 2 N–H and O–H groups in total. The van der Waals surface area contributed by atoms with Gasteiger partial charge in [0, 0.05) is 6.54 Å². The molecule has 3 nitrogen and oxygen atoms in total. The number of carbonyl (C=O) groups is 1. The summed E-state index contributed by atoms with van der Waals surface area (Å²) in [4.78, 5) is 10.8. The molecule has 0 spiro atoms. The van der Waals surface area contributed by atoms with Crippen LogP contribution in [0.2, 0.25) is 0 Å². The van der Waals surface area contributed by atoms with E-state index >= 15 is 0 Å². The number of halogens is 7. The number of carbonyl (C=O) groups excluding carboxylic acids is 1. The van der Waals surface area contributed by atoms with E-state index in [1.165, 1.54) is 0 Å². The van der Waals surface area contributed by atoms with Crippen molar-refractivity contribution in [1.29, 1.82) is 5.26 Å². The van der Waals surface area contributed by atoms with E-state index in [1.807, 2.05) is 0 Å². The number of nitriles is 1. The molecule has 0 radical (unpaired) electrons. The number of Topliss-reactive ketones (excluding diaryl/α,β-unsaturated/α-hetero) is 1. The Bertz CT molecular complexity index is 405. The Morgan fingerprint density at radius 2 is 1.61 bits per heavy atom. The summed E-state index contributed by atoms with van der Waals surface area (Å²) < 4.78 is 85.7. The van der Waals surface area contributed by atoms with E-state index in [9.17, 15) is 35.5 Å². The van der Waals surface area contributed by atoms with Gasteiger partial charge in [-0.25, -0.2) is 0 Å². The average Bonchev–Trinajstić information content (AvgIpc) is 2.23. The van der Waals surface area contributed by atoms with Gasteiger partial charge in [0.1, 0.15) is 6.07 Å². The summed E-state index contributed by atoms with van der Waals surface area (Å²) in [6.45, 7) is -0.650. The highest BCUT2D eigenvalue weighted by atomic mass is 19.4. The van der Waals surface area contributed by atoms with Crippen LogP contribution in [0.3, 0.4) is 0 Å². The fourth-order valence-electron chi connectivity index (χ4n) is 0.797. The van der Waals surface area contributed by atoms with E-state index in [0.717, 1.165) is 6.07 Å². The molecule has 102 valence electrons. The first-order chi connectivity index (χ1) is 7.93. The van der Waals surface area contributed by atoms with Crippen molar-refractivity contribution in [2.75, 3.05) is 6.54 Å². The zero-order chi connectivity index (χ0) is 14.8. The average molecular weight is 278 g/mol. The quantitative estimate of drug-likeness (QED) is 0.484. The van der Waals surface area contributed by atoms with Crippen LogP contribution < -0.4 is 5.73 Å². The van der Waals surface area contributed by atoms with Crippen LogP contribution >= 0.6 is 0 Å². The van der Waals surface area contributed by atoms with Gasteiger partial charge >= 0.3 is 18.0 Å². The predicted octanol–water partition coefficient (Wildman–Crippen LogP) is 1.80. The lowest BCUT2D eigenvalue weighted by molar-refractivity contribution is -0.342. The molecule has 0 heterocycles. The molecular weight excluding hydrogens is 273 g/mol. The molecule has 10 heteroatoms. The lowest BCUT2D eigenvalue weighted by Crippen LogP contribution is -2.56. The fraction of sp³-hybridized carbons (Fsp3) is 0.500. The molecular formula is C8H5F7N2O. The second-order valence-electron chi connectivity index (χ2n) is 2.94. The van der Waals surface area contributed by atoms with Crippen LogP contribution in [0.4, 0.5) is 30.7 Å². The molecule has 0 saturated carbocycles. The number of nitrogens with two attached hydrogens (primary N) is 1. The van der Waals surface area contributed by atoms with E-state index in [1.54, 1.807) is 0 Å². The van der Waals surface area contributed by atoms with Gasteiger partial charge in [-0.05, 0) is 6.08 Å². The third-order valence-electron chi connectivity index (χ3n) is 1.72. The van der Waals surface area contributed by atoms with Crippen LogP contribution in [0.15, 0.2) is 11.6 Å². The molecule has 0 unspecified atom stereocenters. The largest absolute Gasteiger partial charge is 0.460 e. The number of rotatable bonds is 4. The van der Waals surface area contributed by atoms with Crippen LogP contribution in [-0.2, 0) is 4.79 Å². The Balaban J connectivity index is 5.62. The molecule has 0 aliphatic heterocycles.